The van der Waals surface area contributed by atoms with Crippen molar-refractivity contribution in [2.75, 3.05) is 20.9 Å². The minimum Gasteiger partial charge on any atom is -0.397 e. The number of rotatable bonds is 5. The summed E-state index contributed by atoms with van der Waals surface area (Å²) in [6, 6.07) is 22.3. The zero-order valence-electron chi connectivity index (χ0n) is 22.8. The minimum atomic E-state index is -4.81. The number of pyridine rings is 1. The number of halogens is 3. The summed E-state index contributed by atoms with van der Waals surface area (Å²) in [5, 5.41) is 11.8. The van der Waals surface area contributed by atoms with E-state index in [1.54, 1.807) is 26.0 Å². The Bertz CT molecular complexity index is 1800. The second-order valence-corrected chi connectivity index (χ2v) is 10.5. The van der Waals surface area contributed by atoms with Crippen molar-refractivity contribution in [2.24, 2.45) is 0 Å². The summed E-state index contributed by atoms with van der Waals surface area (Å²) >= 11 is 5.55. The molecule has 0 saturated carbocycles. The molecule has 0 atom stereocenters. The van der Waals surface area contributed by atoms with E-state index in [9.17, 15) is 22.8 Å². The molecule has 2 heterocycles. The molecule has 3 N–H and O–H groups in total. The molecule has 4 aromatic rings. The summed E-state index contributed by atoms with van der Waals surface area (Å²) in [5.74, 6) is -1.10. The molecule has 5 rings (SSSR count). The molecule has 1 saturated heterocycles. The molecule has 1 aliphatic heterocycles. The highest BCUT2D eigenvalue weighted by atomic mass is 32.1. The van der Waals surface area contributed by atoms with Crippen LogP contribution in [0.2, 0.25) is 0 Å². The first kappa shape index (κ1) is 29.2. The van der Waals surface area contributed by atoms with Crippen LogP contribution in [-0.2, 0) is 11.0 Å². The lowest BCUT2D eigenvalue weighted by atomic mass is 10.0. The third kappa shape index (κ3) is 5.38. The fraction of sp³-hybridized carbons (Fsp3) is 0.129. The van der Waals surface area contributed by atoms with Gasteiger partial charge in [0.2, 0.25) is 0 Å². The first-order valence-electron chi connectivity index (χ1n) is 12.9. The molecule has 0 bridgehead atoms. The fourth-order valence-corrected chi connectivity index (χ4v) is 5.30. The van der Waals surface area contributed by atoms with Crippen molar-refractivity contribution in [1.82, 2.24) is 4.98 Å². The molecule has 0 spiro atoms. The molecular formula is C31H23F3N6O2S. The summed E-state index contributed by atoms with van der Waals surface area (Å²) in [7, 11) is 0. The Kier molecular flexibility index (Phi) is 7.37. The lowest BCUT2D eigenvalue weighted by Gasteiger charge is -2.29. The fourth-order valence-electron chi connectivity index (χ4n) is 4.77. The number of hydrogen-bond donors (Lipinski definition) is 2. The molecule has 43 heavy (non-hydrogen) atoms. The number of nitrogen functional groups attached to an aromatic ring is 1. The van der Waals surface area contributed by atoms with Gasteiger partial charge in [0.15, 0.2) is 5.11 Å². The van der Waals surface area contributed by atoms with Crippen molar-refractivity contribution in [1.29, 1.82) is 5.26 Å². The second-order valence-electron chi connectivity index (χ2n) is 10.2. The minimum absolute atomic E-state index is 0.0567. The Morgan fingerprint density at radius 3 is 2.33 bits per heavy atom. The summed E-state index contributed by atoms with van der Waals surface area (Å²) in [6.45, 7) is 3.14. The number of carbonyl (C=O) groups is 2. The van der Waals surface area contributed by atoms with E-state index in [2.05, 4.69) is 10.3 Å². The molecule has 12 heteroatoms. The van der Waals surface area contributed by atoms with Crippen LogP contribution in [-0.4, -0.2) is 27.4 Å². The van der Waals surface area contributed by atoms with E-state index < -0.39 is 34.7 Å². The summed E-state index contributed by atoms with van der Waals surface area (Å²) < 4.78 is 40.8. The Balaban J connectivity index is 1.40. The molecule has 1 fully saturated rings. The van der Waals surface area contributed by atoms with Crippen molar-refractivity contribution >= 4 is 51.9 Å². The van der Waals surface area contributed by atoms with Gasteiger partial charge in [-0.05, 0) is 79.7 Å². The molecule has 0 unspecified atom stereocenters. The van der Waals surface area contributed by atoms with E-state index in [1.165, 1.54) is 35.4 Å². The van der Waals surface area contributed by atoms with Crippen LogP contribution in [0.15, 0.2) is 85.1 Å². The lowest BCUT2D eigenvalue weighted by molar-refractivity contribution is -0.137. The van der Waals surface area contributed by atoms with Crippen LogP contribution in [0.4, 0.5) is 35.9 Å². The van der Waals surface area contributed by atoms with E-state index in [4.69, 9.17) is 23.2 Å². The zero-order valence-corrected chi connectivity index (χ0v) is 23.6. The van der Waals surface area contributed by atoms with E-state index >= 15 is 0 Å². The van der Waals surface area contributed by atoms with E-state index in [0.29, 0.717) is 17.1 Å². The smallest absolute Gasteiger partial charge is 0.397 e. The van der Waals surface area contributed by atoms with E-state index in [-0.39, 0.29) is 16.5 Å². The van der Waals surface area contributed by atoms with Crippen LogP contribution in [0.3, 0.4) is 0 Å². The largest absolute Gasteiger partial charge is 0.417 e. The Hall–Kier alpha value is -5.28. The van der Waals surface area contributed by atoms with Crippen LogP contribution in [0, 0.1) is 11.3 Å². The van der Waals surface area contributed by atoms with Gasteiger partial charge in [-0.1, -0.05) is 36.4 Å². The van der Waals surface area contributed by atoms with Gasteiger partial charge in [0.25, 0.3) is 11.8 Å². The predicted molar refractivity (Wildman–Crippen MR) is 161 cm³/mol. The topological polar surface area (TPSA) is 115 Å². The average Bonchev–Trinajstić information content (AvgIpc) is 3.16. The van der Waals surface area contributed by atoms with Gasteiger partial charge in [0.05, 0.1) is 46.1 Å². The molecule has 3 aromatic carbocycles. The molecule has 8 nitrogen and oxygen atoms in total. The number of nitrogens with one attached hydrogen (secondary N) is 1. The van der Waals surface area contributed by atoms with Crippen molar-refractivity contribution in [3.05, 3.63) is 102 Å². The van der Waals surface area contributed by atoms with Crippen molar-refractivity contribution in [3.63, 3.8) is 0 Å². The maximum absolute atomic E-state index is 13.6. The van der Waals surface area contributed by atoms with Crippen molar-refractivity contribution < 1.29 is 22.8 Å². The predicted octanol–water partition coefficient (Wildman–Crippen LogP) is 6.39. The van der Waals surface area contributed by atoms with Gasteiger partial charge in [-0.3, -0.25) is 14.5 Å². The summed E-state index contributed by atoms with van der Waals surface area (Å²) in [4.78, 5) is 33.2. The summed E-state index contributed by atoms with van der Waals surface area (Å²) in [5.41, 5.74) is 5.89. The standard InChI is InChI=1S/C31H23F3N6O2S/c1-30(2)28(42)39(21-10-8-20(16-35)23(15-21)31(32,33)34)29(43)40(30)22-11-13-25(37-17-22)27(41)38-26-14-19(9-12-24(26)36)18-6-4-3-5-7-18/h3-15,17H,36H2,1-2H3,(H,38,41). The molecule has 216 valence electrons. The highest BCUT2D eigenvalue weighted by Gasteiger charge is 2.50. The van der Waals surface area contributed by atoms with Gasteiger partial charge in [0, 0.05) is 0 Å². The number of nitrogens with two attached hydrogens (primary N) is 1. The SMILES string of the molecule is CC1(C)C(=O)N(c2ccc(C#N)c(C(F)(F)F)c2)C(=S)N1c1ccc(C(=O)Nc2cc(-c3ccccc3)ccc2N)nc1. The molecular weight excluding hydrogens is 577 g/mol. The lowest BCUT2D eigenvalue weighted by Crippen LogP contribution is -2.44. The van der Waals surface area contributed by atoms with E-state index in [1.807, 2.05) is 36.4 Å². The monoisotopic (exact) mass is 600 g/mol. The van der Waals surface area contributed by atoms with Crippen LogP contribution in [0.5, 0.6) is 0 Å². The number of nitrogens with zero attached hydrogens (tertiary/aromatic N) is 4. The van der Waals surface area contributed by atoms with Crippen molar-refractivity contribution in [2.45, 2.75) is 25.6 Å². The Labute approximate surface area is 250 Å². The van der Waals surface area contributed by atoms with Crippen molar-refractivity contribution in [3.8, 4) is 17.2 Å². The molecule has 0 radical (unpaired) electrons. The summed E-state index contributed by atoms with van der Waals surface area (Å²) in [6.07, 6.45) is -3.46. The quantitative estimate of drug-likeness (QED) is 0.202. The van der Waals surface area contributed by atoms with Gasteiger partial charge in [0.1, 0.15) is 11.2 Å². The van der Waals surface area contributed by atoms with Gasteiger partial charge < -0.3 is 16.0 Å². The number of alkyl halides is 3. The highest BCUT2D eigenvalue weighted by Crippen LogP contribution is 2.39. The van der Waals surface area contributed by atoms with Crippen LogP contribution < -0.4 is 20.9 Å². The number of amides is 2. The molecule has 1 aliphatic rings. The Morgan fingerprint density at radius 2 is 1.70 bits per heavy atom. The van der Waals surface area contributed by atoms with Crippen LogP contribution >= 0.6 is 12.2 Å². The third-order valence-corrected chi connectivity index (χ3v) is 7.37. The van der Waals surface area contributed by atoms with Gasteiger partial charge in [-0.15, -0.1) is 0 Å². The third-order valence-electron chi connectivity index (χ3n) is 7.00. The molecule has 2 amide bonds. The number of anilines is 4. The number of nitriles is 1. The maximum Gasteiger partial charge on any atom is 0.417 e. The number of benzene rings is 3. The van der Waals surface area contributed by atoms with E-state index in [0.717, 1.165) is 28.2 Å². The normalized spacial score (nSPS) is 14.5. The first-order chi connectivity index (χ1) is 20.3. The number of carbonyl (C=O) groups excluding carboxylic acids is 2. The van der Waals surface area contributed by atoms with Crippen LogP contribution in [0.25, 0.3) is 11.1 Å². The number of aromatic nitrogens is 1. The second kappa shape index (κ2) is 10.8. The van der Waals surface area contributed by atoms with Gasteiger partial charge in [-0.25, -0.2) is 4.98 Å². The first-order valence-corrected chi connectivity index (χ1v) is 13.3. The average molecular weight is 601 g/mol. The number of hydrogen-bond acceptors (Lipinski definition) is 6. The maximum atomic E-state index is 13.6. The van der Waals surface area contributed by atoms with Gasteiger partial charge >= 0.3 is 6.18 Å². The van der Waals surface area contributed by atoms with Gasteiger partial charge in [-0.2, -0.15) is 18.4 Å². The highest BCUT2D eigenvalue weighted by molar-refractivity contribution is 7.81. The van der Waals surface area contributed by atoms with Crippen LogP contribution in [0.1, 0.15) is 35.5 Å². The zero-order chi connectivity index (χ0) is 31.1. The molecule has 0 aliphatic carbocycles. The number of thiocarbonyl (C=S) groups is 1. The Morgan fingerprint density at radius 1 is 1.00 bits per heavy atom. The molecule has 1 aromatic heterocycles.